The summed E-state index contributed by atoms with van der Waals surface area (Å²) in [6.45, 7) is 4.45. The molecule has 0 radical (unpaired) electrons. The highest BCUT2D eigenvalue weighted by Crippen LogP contribution is 2.23. The molecule has 3 rings (SSSR count). The molecule has 1 aliphatic rings. The summed E-state index contributed by atoms with van der Waals surface area (Å²) >= 11 is 0. The second-order valence-electron chi connectivity index (χ2n) is 6.82. The number of nitrogens with one attached hydrogen (secondary N) is 1. The number of carbonyl (C=O) groups excluding carboxylic acids is 1. The summed E-state index contributed by atoms with van der Waals surface area (Å²) in [6, 6.07) is 8.27. The Kier molecular flexibility index (Phi) is 5.08. The monoisotopic (exact) mass is 341 g/mol. The van der Waals surface area contributed by atoms with Crippen molar-refractivity contribution in [3.63, 3.8) is 0 Å². The molecule has 1 N–H and O–H groups in total. The number of aromatic nitrogens is 2. The molecule has 0 bridgehead atoms. The lowest BCUT2D eigenvalue weighted by atomic mass is 10.2. The first-order chi connectivity index (χ1) is 12.0. The smallest absolute Gasteiger partial charge is 0.227 e. The van der Waals surface area contributed by atoms with Gasteiger partial charge in [0.1, 0.15) is 5.82 Å². The molecule has 0 atom stereocenters. The molecule has 0 unspecified atom stereocenters. The molecule has 2 aromatic rings. The zero-order chi connectivity index (χ0) is 18.0. The zero-order valence-corrected chi connectivity index (χ0v) is 15.5. The van der Waals surface area contributed by atoms with Crippen LogP contribution >= 0.6 is 0 Å². The maximum atomic E-state index is 11.8. The fraction of sp³-hybridized carbons (Fsp3) is 0.474. The van der Waals surface area contributed by atoms with Gasteiger partial charge in [0.15, 0.2) is 0 Å². The van der Waals surface area contributed by atoms with Crippen LogP contribution in [0.1, 0.15) is 29.7 Å². The van der Waals surface area contributed by atoms with Crippen molar-refractivity contribution in [1.82, 2.24) is 15.1 Å². The van der Waals surface area contributed by atoms with Gasteiger partial charge in [0.2, 0.25) is 5.91 Å². The number of rotatable bonds is 6. The number of benzene rings is 1. The third-order valence-electron chi connectivity index (χ3n) is 4.69. The molecule has 1 aromatic carbocycles. The van der Waals surface area contributed by atoms with E-state index in [0.717, 1.165) is 43.3 Å². The van der Waals surface area contributed by atoms with E-state index in [1.807, 2.05) is 49.8 Å². The van der Waals surface area contributed by atoms with Gasteiger partial charge in [-0.3, -0.25) is 9.48 Å². The fourth-order valence-electron chi connectivity index (χ4n) is 3.50. The molecule has 6 nitrogen and oxygen atoms in total. The van der Waals surface area contributed by atoms with Crippen LogP contribution in [0.5, 0.6) is 0 Å². The molecule has 1 aromatic heterocycles. The van der Waals surface area contributed by atoms with Crippen molar-refractivity contribution >= 4 is 17.4 Å². The van der Waals surface area contributed by atoms with Gasteiger partial charge in [0.05, 0.1) is 5.69 Å². The van der Waals surface area contributed by atoms with E-state index in [1.54, 1.807) is 0 Å². The number of carbonyl (C=O) groups is 1. The first-order valence-electron chi connectivity index (χ1n) is 8.77. The average molecular weight is 341 g/mol. The highest BCUT2D eigenvalue weighted by atomic mass is 16.2. The molecule has 1 fully saturated rings. The van der Waals surface area contributed by atoms with Crippen molar-refractivity contribution in [2.45, 2.75) is 32.9 Å². The summed E-state index contributed by atoms with van der Waals surface area (Å²) in [4.78, 5) is 15.8. The van der Waals surface area contributed by atoms with E-state index in [1.165, 1.54) is 11.1 Å². The molecule has 1 aliphatic heterocycles. The van der Waals surface area contributed by atoms with Crippen LogP contribution in [0.15, 0.2) is 24.3 Å². The van der Waals surface area contributed by atoms with E-state index in [0.29, 0.717) is 6.42 Å². The van der Waals surface area contributed by atoms with Gasteiger partial charge in [-0.05, 0) is 31.0 Å². The maximum absolute atomic E-state index is 11.8. The summed E-state index contributed by atoms with van der Waals surface area (Å²) in [7, 11) is 6.06. The molecule has 2 heterocycles. The van der Waals surface area contributed by atoms with Gasteiger partial charge in [0.25, 0.3) is 0 Å². The molecule has 1 amide bonds. The summed E-state index contributed by atoms with van der Waals surface area (Å²) < 4.78 is 1.92. The van der Waals surface area contributed by atoms with E-state index in [-0.39, 0.29) is 5.91 Å². The van der Waals surface area contributed by atoms with Crippen LogP contribution < -0.4 is 15.1 Å². The Morgan fingerprint density at radius 2 is 1.92 bits per heavy atom. The Bertz CT molecular complexity index is 748. The van der Waals surface area contributed by atoms with Gasteiger partial charge >= 0.3 is 0 Å². The highest BCUT2D eigenvalue weighted by Gasteiger charge is 2.21. The number of aryl methyl sites for hydroxylation is 2. The van der Waals surface area contributed by atoms with Gasteiger partial charge in [-0.15, -0.1) is 0 Å². The third kappa shape index (κ3) is 3.69. The lowest BCUT2D eigenvalue weighted by molar-refractivity contribution is -0.117. The van der Waals surface area contributed by atoms with Crippen LogP contribution in [-0.2, 0) is 24.9 Å². The molecular formula is C19H27N5O. The number of amides is 1. The van der Waals surface area contributed by atoms with Crippen molar-refractivity contribution in [3.8, 4) is 0 Å². The van der Waals surface area contributed by atoms with Gasteiger partial charge in [-0.2, -0.15) is 5.10 Å². The van der Waals surface area contributed by atoms with Crippen LogP contribution in [0.25, 0.3) is 0 Å². The lowest BCUT2D eigenvalue weighted by Gasteiger charge is -2.17. The van der Waals surface area contributed by atoms with E-state index in [4.69, 9.17) is 0 Å². The second-order valence-corrected chi connectivity index (χ2v) is 6.82. The molecule has 0 saturated carbocycles. The van der Waals surface area contributed by atoms with Crippen molar-refractivity contribution < 1.29 is 4.79 Å². The predicted molar refractivity (Wildman–Crippen MR) is 101 cm³/mol. The standard InChI is InChI=1S/C19H27N5O/c1-14-17(19(22(2)3)23(4)21-14)13-20-12-15-7-9-16(10-8-15)24-11-5-6-18(24)25/h7-10,20H,5-6,11-13H2,1-4H3. The van der Waals surface area contributed by atoms with Gasteiger partial charge in [-0.1, -0.05) is 12.1 Å². The quantitative estimate of drug-likeness (QED) is 0.875. The minimum absolute atomic E-state index is 0.231. The Labute approximate surface area is 149 Å². The largest absolute Gasteiger partial charge is 0.363 e. The Morgan fingerprint density at radius 1 is 1.20 bits per heavy atom. The Morgan fingerprint density at radius 3 is 2.52 bits per heavy atom. The summed E-state index contributed by atoms with van der Waals surface area (Å²) in [5.74, 6) is 1.36. The molecule has 25 heavy (non-hydrogen) atoms. The average Bonchev–Trinajstić information content (AvgIpc) is 3.11. The number of hydrogen-bond acceptors (Lipinski definition) is 4. The van der Waals surface area contributed by atoms with Gasteiger partial charge in [-0.25, -0.2) is 0 Å². The predicted octanol–water partition coefficient (Wildman–Crippen LogP) is 2.21. The lowest BCUT2D eigenvalue weighted by Crippen LogP contribution is -2.23. The van der Waals surface area contributed by atoms with Crippen molar-refractivity contribution in [2.24, 2.45) is 7.05 Å². The molecule has 0 spiro atoms. The molecule has 6 heteroatoms. The van der Waals surface area contributed by atoms with Gasteiger partial charge in [0, 0.05) is 58.4 Å². The van der Waals surface area contributed by atoms with E-state index in [2.05, 4.69) is 27.4 Å². The Balaban J connectivity index is 1.60. The summed E-state index contributed by atoms with van der Waals surface area (Å²) in [6.07, 6.45) is 1.63. The number of nitrogens with zero attached hydrogens (tertiary/aromatic N) is 4. The number of hydrogen-bond donors (Lipinski definition) is 1. The topological polar surface area (TPSA) is 53.4 Å². The van der Waals surface area contributed by atoms with Crippen molar-refractivity contribution in [3.05, 3.63) is 41.1 Å². The van der Waals surface area contributed by atoms with Crippen molar-refractivity contribution in [2.75, 3.05) is 30.4 Å². The second kappa shape index (κ2) is 7.27. The minimum atomic E-state index is 0.231. The van der Waals surface area contributed by atoms with Crippen molar-refractivity contribution in [1.29, 1.82) is 0 Å². The SMILES string of the molecule is Cc1nn(C)c(N(C)C)c1CNCc1ccc(N2CCCC2=O)cc1. The first-order valence-corrected chi connectivity index (χ1v) is 8.77. The normalized spacial score (nSPS) is 14.4. The van der Waals surface area contributed by atoms with Crippen LogP contribution in [0, 0.1) is 6.92 Å². The fourth-order valence-corrected chi connectivity index (χ4v) is 3.50. The zero-order valence-electron chi connectivity index (χ0n) is 15.5. The molecule has 0 aliphatic carbocycles. The van der Waals surface area contributed by atoms with Gasteiger partial charge < -0.3 is 15.1 Å². The van der Waals surface area contributed by atoms with E-state index < -0.39 is 0 Å². The summed E-state index contributed by atoms with van der Waals surface area (Å²) in [5, 5.41) is 8.02. The molecular weight excluding hydrogens is 314 g/mol. The number of anilines is 2. The minimum Gasteiger partial charge on any atom is -0.363 e. The summed E-state index contributed by atoms with van der Waals surface area (Å²) in [5.41, 5.74) is 4.50. The van der Waals surface area contributed by atoms with Crippen LogP contribution in [0.4, 0.5) is 11.5 Å². The van der Waals surface area contributed by atoms with E-state index in [9.17, 15) is 4.79 Å². The molecule has 134 valence electrons. The third-order valence-corrected chi connectivity index (χ3v) is 4.69. The van der Waals surface area contributed by atoms with Crippen LogP contribution in [-0.4, -0.2) is 36.3 Å². The van der Waals surface area contributed by atoms with Crippen LogP contribution in [0.3, 0.4) is 0 Å². The maximum Gasteiger partial charge on any atom is 0.227 e. The van der Waals surface area contributed by atoms with E-state index >= 15 is 0 Å². The highest BCUT2D eigenvalue weighted by molar-refractivity contribution is 5.95. The molecule has 1 saturated heterocycles. The van der Waals surface area contributed by atoms with Crippen LogP contribution in [0.2, 0.25) is 0 Å². The first kappa shape index (κ1) is 17.5. The Hall–Kier alpha value is -2.34.